The number of nitrogens with two attached hydrogens (primary N) is 1. The standard InChI is InChI=1S/C8H13N3O.CH4/c1-6(9)5-7-8(12)11(2)4-3-10-7;/h5H,3-4,9H2,1-2H3;1H4/b6-5-;. The molecule has 1 heterocycles. The second-order valence-electron chi connectivity index (χ2n) is 2.88. The van der Waals surface area contributed by atoms with Gasteiger partial charge < -0.3 is 10.6 Å². The van der Waals surface area contributed by atoms with Gasteiger partial charge in [-0.2, -0.15) is 0 Å². The molecule has 1 amide bonds. The zero-order valence-electron chi connectivity index (χ0n) is 7.37. The summed E-state index contributed by atoms with van der Waals surface area (Å²) in [6.07, 6.45) is 1.61. The maximum absolute atomic E-state index is 11.4. The quantitative estimate of drug-likeness (QED) is 0.639. The summed E-state index contributed by atoms with van der Waals surface area (Å²) >= 11 is 0. The molecule has 4 heteroatoms. The third-order valence-electron chi connectivity index (χ3n) is 1.65. The van der Waals surface area contributed by atoms with Gasteiger partial charge in [0.25, 0.3) is 5.91 Å². The zero-order valence-corrected chi connectivity index (χ0v) is 7.37. The van der Waals surface area contributed by atoms with Crippen molar-refractivity contribution in [1.29, 1.82) is 0 Å². The highest BCUT2D eigenvalue weighted by molar-refractivity contribution is 6.43. The third-order valence-corrected chi connectivity index (χ3v) is 1.65. The molecule has 0 bridgehead atoms. The lowest BCUT2D eigenvalue weighted by Gasteiger charge is -2.20. The van der Waals surface area contributed by atoms with Crippen LogP contribution in [0.25, 0.3) is 0 Å². The summed E-state index contributed by atoms with van der Waals surface area (Å²) in [4.78, 5) is 17.1. The van der Waals surface area contributed by atoms with Crippen molar-refractivity contribution in [2.45, 2.75) is 14.4 Å². The Morgan fingerprint density at radius 2 is 2.31 bits per heavy atom. The Morgan fingerprint density at radius 3 is 2.85 bits per heavy atom. The van der Waals surface area contributed by atoms with E-state index in [-0.39, 0.29) is 13.3 Å². The monoisotopic (exact) mass is 183 g/mol. The SMILES string of the molecule is C.C/C(N)=C/C1=NCCN(C)C1=O. The summed E-state index contributed by atoms with van der Waals surface area (Å²) < 4.78 is 0. The summed E-state index contributed by atoms with van der Waals surface area (Å²) in [5, 5.41) is 0. The van der Waals surface area contributed by atoms with Gasteiger partial charge >= 0.3 is 0 Å². The highest BCUT2D eigenvalue weighted by Crippen LogP contribution is 1.99. The molecule has 1 aliphatic rings. The Kier molecular flexibility index (Phi) is 4.17. The zero-order chi connectivity index (χ0) is 9.14. The van der Waals surface area contributed by atoms with Crippen LogP contribution in [-0.2, 0) is 4.79 Å². The van der Waals surface area contributed by atoms with Crippen LogP contribution in [0.2, 0.25) is 0 Å². The average Bonchev–Trinajstić information content (AvgIpc) is 1.98. The van der Waals surface area contributed by atoms with Gasteiger partial charge in [0.1, 0.15) is 5.71 Å². The average molecular weight is 183 g/mol. The van der Waals surface area contributed by atoms with Crippen LogP contribution in [-0.4, -0.2) is 36.7 Å². The predicted molar refractivity (Wildman–Crippen MR) is 54.6 cm³/mol. The van der Waals surface area contributed by atoms with Gasteiger partial charge in [-0.05, 0) is 13.0 Å². The molecule has 0 fully saturated rings. The van der Waals surface area contributed by atoms with Gasteiger partial charge in [-0.25, -0.2) is 0 Å². The highest BCUT2D eigenvalue weighted by Gasteiger charge is 2.17. The van der Waals surface area contributed by atoms with E-state index in [0.717, 1.165) is 0 Å². The highest BCUT2D eigenvalue weighted by atomic mass is 16.2. The molecule has 0 aliphatic carbocycles. The molecule has 0 unspecified atom stereocenters. The Labute approximate surface area is 79.1 Å². The lowest BCUT2D eigenvalue weighted by molar-refractivity contribution is -0.123. The van der Waals surface area contributed by atoms with E-state index in [1.165, 1.54) is 0 Å². The maximum atomic E-state index is 11.4. The minimum atomic E-state index is -0.0500. The number of allylic oxidation sites excluding steroid dienone is 1. The van der Waals surface area contributed by atoms with Gasteiger partial charge in [-0.1, -0.05) is 7.43 Å². The van der Waals surface area contributed by atoms with Crippen LogP contribution in [0.5, 0.6) is 0 Å². The van der Waals surface area contributed by atoms with Crippen LogP contribution in [0.3, 0.4) is 0 Å². The Morgan fingerprint density at radius 1 is 1.69 bits per heavy atom. The van der Waals surface area contributed by atoms with Crippen molar-refractivity contribution in [3.8, 4) is 0 Å². The van der Waals surface area contributed by atoms with Crippen LogP contribution >= 0.6 is 0 Å². The van der Waals surface area contributed by atoms with E-state index in [9.17, 15) is 4.79 Å². The lowest BCUT2D eigenvalue weighted by atomic mass is 10.2. The van der Waals surface area contributed by atoms with E-state index in [0.29, 0.717) is 24.5 Å². The van der Waals surface area contributed by atoms with Crippen molar-refractivity contribution in [3.63, 3.8) is 0 Å². The van der Waals surface area contributed by atoms with Gasteiger partial charge in [0.2, 0.25) is 0 Å². The number of likely N-dealkylation sites (N-methyl/N-ethyl adjacent to an activating group) is 1. The smallest absolute Gasteiger partial charge is 0.271 e. The van der Waals surface area contributed by atoms with E-state index in [2.05, 4.69) is 4.99 Å². The molecule has 0 saturated carbocycles. The van der Waals surface area contributed by atoms with E-state index in [1.54, 1.807) is 24.9 Å². The Bertz CT molecular complexity index is 252. The van der Waals surface area contributed by atoms with Gasteiger partial charge in [-0.3, -0.25) is 9.79 Å². The summed E-state index contributed by atoms with van der Waals surface area (Å²) in [6, 6.07) is 0. The number of carbonyl (C=O) groups excluding carboxylic acids is 1. The molecule has 0 radical (unpaired) electrons. The molecule has 0 atom stereocenters. The van der Waals surface area contributed by atoms with Crippen molar-refractivity contribution < 1.29 is 4.79 Å². The molecular weight excluding hydrogens is 166 g/mol. The number of nitrogens with zero attached hydrogens (tertiary/aromatic N) is 2. The second-order valence-corrected chi connectivity index (χ2v) is 2.88. The molecule has 4 nitrogen and oxygen atoms in total. The van der Waals surface area contributed by atoms with E-state index in [1.807, 2.05) is 0 Å². The molecule has 1 aliphatic heterocycles. The van der Waals surface area contributed by atoms with Crippen molar-refractivity contribution in [2.75, 3.05) is 20.1 Å². The minimum Gasteiger partial charge on any atom is -0.402 e. The van der Waals surface area contributed by atoms with Crippen LogP contribution in [0, 0.1) is 0 Å². The summed E-state index contributed by atoms with van der Waals surface area (Å²) in [5.74, 6) is -0.0500. The fourth-order valence-electron chi connectivity index (χ4n) is 1.01. The first-order chi connectivity index (χ1) is 5.61. The lowest BCUT2D eigenvalue weighted by Crippen LogP contribution is -2.38. The molecule has 0 aromatic carbocycles. The molecular formula is C9H17N3O. The summed E-state index contributed by atoms with van der Waals surface area (Å²) in [7, 11) is 1.76. The number of carbonyl (C=O) groups is 1. The van der Waals surface area contributed by atoms with Crippen LogP contribution in [0.15, 0.2) is 16.8 Å². The number of hydrogen-bond acceptors (Lipinski definition) is 3. The molecule has 74 valence electrons. The van der Waals surface area contributed by atoms with Crippen molar-refractivity contribution in [3.05, 3.63) is 11.8 Å². The van der Waals surface area contributed by atoms with E-state index >= 15 is 0 Å². The number of amides is 1. The summed E-state index contributed by atoms with van der Waals surface area (Å²) in [6.45, 7) is 3.10. The van der Waals surface area contributed by atoms with Gasteiger partial charge in [0.15, 0.2) is 0 Å². The first-order valence-electron chi connectivity index (χ1n) is 3.85. The molecule has 1 rings (SSSR count). The predicted octanol–water partition coefficient (Wildman–Crippen LogP) is 0.398. The summed E-state index contributed by atoms with van der Waals surface area (Å²) in [5.41, 5.74) is 6.51. The van der Waals surface area contributed by atoms with Crippen molar-refractivity contribution in [2.24, 2.45) is 10.7 Å². The first kappa shape index (κ1) is 11.7. The molecule has 0 aromatic rings. The molecule has 2 N–H and O–H groups in total. The number of rotatable bonds is 1. The van der Waals surface area contributed by atoms with E-state index in [4.69, 9.17) is 5.73 Å². The minimum absolute atomic E-state index is 0. The van der Waals surface area contributed by atoms with Gasteiger partial charge in [0.05, 0.1) is 6.54 Å². The molecule has 13 heavy (non-hydrogen) atoms. The fourth-order valence-corrected chi connectivity index (χ4v) is 1.01. The van der Waals surface area contributed by atoms with Gasteiger partial charge in [-0.15, -0.1) is 0 Å². The number of aliphatic imine (C=N–C) groups is 1. The van der Waals surface area contributed by atoms with Gasteiger partial charge in [0, 0.05) is 19.3 Å². The Balaban J connectivity index is 0.00000144. The van der Waals surface area contributed by atoms with Crippen LogP contribution in [0.1, 0.15) is 14.4 Å². The largest absolute Gasteiger partial charge is 0.402 e. The maximum Gasteiger partial charge on any atom is 0.271 e. The molecule has 0 saturated heterocycles. The number of hydrogen-bond donors (Lipinski definition) is 1. The van der Waals surface area contributed by atoms with Crippen molar-refractivity contribution in [1.82, 2.24) is 4.90 Å². The fraction of sp³-hybridized carbons (Fsp3) is 0.556. The first-order valence-corrected chi connectivity index (χ1v) is 3.85. The topological polar surface area (TPSA) is 58.7 Å². The molecule has 0 spiro atoms. The van der Waals surface area contributed by atoms with Crippen molar-refractivity contribution >= 4 is 11.6 Å². The van der Waals surface area contributed by atoms with E-state index < -0.39 is 0 Å². The van der Waals surface area contributed by atoms with Crippen LogP contribution in [0.4, 0.5) is 0 Å². The molecule has 0 aromatic heterocycles. The van der Waals surface area contributed by atoms with Crippen LogP contribution < -0.4 is 5.73 Å². The second kappa shape index (κ2) is 4.64. The Hall–Kier alpha value is -1.32. The third kappa shape index (κ3) is 2.89. The normalized spacial score (nSPS) is 18.0.